The summed E-state index contributed by atoms with van der Waals surface area (Å²) in [5.41, 5.74) is -0.179. The molecule has 7 nitrogen and oxygen atoms in total. The molecule has 0 amide bonds. The molecule has 0 aromatic carbocycles. The van der Waals surface area contributed by atoms with Gasteiger partial charge in [-0.3, -0.25) is 14.4 Å². The van der Waals surface area contributed by atoms with Gasteiger partial charge >= 0.3 is 11.9 Å². The summed E-state index contributed by atoms with van der Waals surface area (Å²) in [6, 6.07) is -0.733. The number of methoxy groups -OCH3 is 1. The van der Waals surface area contributed by atoms with Crippen LogP contribution in [-0.2, 0) is 28.7 Å². The smallest absolute Gasteiger partial charge is 0.328 e. The Hall–Kier alpha value is -2.93. The molecule has 3 unspecified atom stereocenters. The highest BCUT2D eigenvalue weighted by Gasteiger charge is 2.52. The molecule has 0 aromatic heterocycles. The predicted molar refractivity (Wildman–Crippen MR) is 139 cm³/mol. The van der Waals surface area contributed by atoms with Gasteiger partial charge in [-0.25, -0.2) is 4.79 Å². The van der Waals surface area contributed by atoms with E-state index in [4.69, 9.17) is 21.1 Å². The van der Waals surface area contributed by atoms with Crippen LogP contribution in [0.25, 0.3) is 0 Å². The molecule has 3 atom stereocenters. The van der Waals surface area contributed by atoms with Crippen molar-refractivity contribution >= 4 is 35.1 Å². The lowest BCUT2D eigenvalue weighted by Gasteiger charge is -2.38. The third-order valence-corrected chi connectivity index (χ3v) is 6.63. The van der Waals surface area contributed by atoms with Crippen LogP contribution >= 0.6 is 11.6 Å². The highest BCUT2D eigenvalue weighted by Crippen LogP contribution is 2.40. The summed E-state index contributed by atoms with van der Waals surface area (Å²) in [4.78, 5) is 52.7. The van der Waals surface area contributed by atoms with Crippen molar-refractivity contribution in [2.24, 2.45) is 11.8 Å². The lowest BCUT2D eigenvalue weighted by molar-refractivity contribution is -0.167. The third kappa shape index (κ3) is 6.25. The topological polar surface area (TPSA) is 90.0 Å². The quantitative estimate of drug-likeness (QED) is 0.236. The zero-order valence-electron chi connectivity index (χ0n) is 22.3. The predicted octanol–water partition coefficient (Wildman–Crippen LogP) is 5.17. The minimum Gasteiger partial charge on any atom is -0.467 e. The number of nitrogens with zero attached hydrogens (tertiary/aromatic N) is 1. The van der Waals surface area contributed by atoms with Gasteiger partial charge in [0.15, 0.2) is 0 Å². The molecule has 2 rings (SSSR count). The maximum absolute atomic E-state index is 13.5. The molecule has 0 saturated carbocycles. The van der Waals surface area contributed by atoms with E-state index >= 15 is 0 Å². The Morgan fingerprint density at radius 1 is 1.17 bits per heavy atom. The fourth-order valence-electron chi connectivity index (χ4n) is 4.17. The Kier molecular flexibility index (Phi) is 9.66. The van der Waals surface area contributed by atoms with E-state index in [2.05, 4.69) is 19.9 Å². The number of fused-ring (bicyclic) bond motifs is 1. The number of halogens is 1. The second kappa shape index (κ2) is 11.9. The van der Waals surface area contributed by atoms with Gasteiger partial charge < -0.3 is 14.4 Å². The van der Waals surface area contributed by atoms with Crippen molar-refractivity contribution in [2.75, 3.05) is 7.11 Å². The van der Waals surface area contributed by atoms with E-state index in [1.807, 2.05) is 32.9 Å². The second-order valence-electron chi connectivity index (χ2n) is 9.83. The first kappa shape index (κ1) is 29.3. The maximum Gasteiger partial charge on any atom is 0.328 e. The zero-order valence-corrected chi connectivity index (χ0v) is 23.1. The molecule has 0 radical (unpaired) electrons. The van der Waals surface area contributed by atoms with Crippen molar-refractivity contribution in [3.63, 3.8) is 0 Å². The highest BCUT2D eigenvalue weighted by atomic mass is 35.5. The number of esters is 2. The van der Waals surface area contributed by atoms with Crippen LogP contribution in [0.2, 0.25) is 0 Å². The summed E-state index contributed by atoms with van der Waals surface area (Å²) < 4.78 is 10.2. The molecule has 36 heavy (non-hydrogen) atoms. The fraction of sp³-hybridized carbons (Fsp3) is 0.500. The number of allylic oxidation sites excluding steroid dienone is 6. The lowest BCUT2D eigenvalue weighted by atomic mass is 9.79. The lowest BCUT2D eigenvalue weighted by Crippen LogP contribution is -2.52. The first-order valence-corrected chi connectivity index (χ1v) is 12.5. The van der Waals surface area contributed by atoms with Crippen molar-refractivity contribution in [3.05, 3.63) is 58.0 Å². The van der Waals surface area contributed by atoms with Crippen molar-refractivity contribution in [1.29, 1.82) is 0 Å². The van der Waals surface area contributed by atoms with Crippen LogP contribution in [0.15, 0.2) is 58.0 Å². The van der Waals surface area contributed by atoms with Gasteiger partial charge in [-0.1, -0.05) is 63.4 Å². The summed E-state index contributed by atoms with van der Waals surface area (Å²) in [5, 5.41) is -0.208. The standard InChI is InChI=1S/C28H36ClNO6/c1-9-17(4)13-18(5)10-11-20-14-21-22(15-30(20)23(12-16(2)3)27(34)35-8)25(32)28(7,36-19(6)31)26(33)24(21)29/h10-11,13-17,23H,9,12H2,1-8H3. The average molecular weight is 518 g/mol. The Labute approximate surface area is 218 Å². The summed E-state index contributed by atoms with van der Waals surface area (Å²) in [6.45, 7) is 12.5. The minimum atomic E-state index is -2.08. The van der Waals surface area contributed by atoms with Crippen LogP contribution in [0.1, 0.15) is 61.3 Å². The molecule has 8 heteroatoms. The molecule has 0 N–H and O–H groups in total. The van der Waals surface area contributed by atoms with Crippen molar-refractivity contribution in [2.45, 2.75) is 73.0 Å². The number of carbonyl (C=O) groups excluding carboxylic acids is 4. The first-order chi connectivity index (χ1) is 16.8. The minimum absolute atomic E-state index is 0.0880. The molecule has 1 aliphatic carbocycles. The molecule has 1 heterocycles. The van der Waals surface area contributed by atoms with Crippen LogP contribution < -0.4 is 0 Å². The molecular weight excluding hydrogens is 482 g/mol. The Bertz CT molecular complexity index is 1090. The van der Waals surface area contributed by atoms with Gasteiger partial charge in [0, 0.05) is 30.0 Å². The van der Waals surface area contributed by atoms with E-state index in [0.717, 1.165) is 18.9 Å². The number of carbonyl (C=O) groups is 4. The van der Waals surface area contributed by atoms with Gasteiger partial charge in [-0.05, 0) is 44.3 Å². The fourth-order valence-corrected chi connectivity index (χ4v) is 4.50. The van der Waals surface area contributed by atoms with E-state index in [-0.39, 0.29) is 22.1 Å². The number of rotatable bonds is 9. The largest absolute Gasteiger partial charge is 0.467 e. The van der Waals surface area contributed by atoms with Gasteiger partial charge in [0.25, 0.3) is 0 Å². The van der Waals surface area contributed by atoms with E-state index in [1.165, 1.54) is 20.2 Å². The van der Waals surface area contributed by atoms with Crippen LogP contribution in [0.3, 0.4) is 0 Å². The summed E-state index contributed by atoms with van der Waals surface area (Å²) in [5.74, 6) is -2.20. The summed E-state index contributed by atoms with van der Waals surface area (Å²) >= 11 is 6.45. The van der Waals surface area contributed by atoms with Gasteiger partial charge in [-0.15, -0.1) is 0 Å². The van der Waals surface area contributed by atoms with E-state index < -0.39 is 35.1 Å². The van der Waals surface area contributed by atoms with Gasteiger partial charge in [0.2, 0.25) is 17.2 Å². The molecule has 1 aliphatic heterocycles. The molecule has 0 fully saturated rings. The molecule has 196 valence electrons. The monoisotopic (exact) mass is 517 g/mol. The SMILES string of the molecule is CCC(C)C=C(C)C=CC1=CC2=C(Cl)C(=O)C(C)(OC(C)=O)C(=O)C2=CN1C(CC(C)C)C(=O)OC. The van der Waals surface area contributed by atoms with Crippen molar-refractivity contribution in [3.8, 4) is 0 Å². The van der Waals surface area contributed by atoms with Gasteiger partial charge in [0.1, 0.15) is 6.04 Å². The van der Waals surface area contributed by atoms with Crippen LogP contribution in [0.4, 0.5) is 0 Å². The molecule has 0 aromatic rings. The third-order valence-electron chi connectivity index (χ3n) is 6.26. The van der Waals surface area contributed by atoms with Crippen molar-refractivity contribution < 1.29 is 28.7 Å². The van der Waals surface area contributed by atoms with Crippen LogP contribution in [-0.4, -0.2) is 47.2 Å². The van der Waals surface area contributed by atoms with Crippen LogP contribution in [0.5, 0.6) is 0 Å². The van der Waals surface area contributed by atoms with E-state index in [1.54, 1.807) is 11.0 Å². The molecular formula is C28H36ClNO6. The summed E-state index contributed by atoms with van der Waals surface area (Å²) in [6.07, 6.45) is 10.4. The normalized spacial score (nSPS) is 22.4. The van der Waals surface area contributed by atoms with E-state index in [0.29, 0.717) is 18.0 Å². The number of hydrogen-bond donors (Lipinski definition) is 0. The first-order valence-electron chi connectivity index (χ1n) is 12.1. The summed E-state index contributed by atoms with van der Waals surface area (Å²) in [7, 11) is 1.31. The second-order valence-corrected chi connectivity index (χ2v) is 10.2. The highest BCUT2D eigenvalue weighted by molar-refractivity contribution is 6.49. The van der Waals surface area contributed by atoms with Crippen molar-refractivity contribution in [1.82, 2.24) is 4.90 Å². The number of ether oxygens (including phenoxy) is 2. The zero-order chi connectivity index (χ0) is 27.4. The Morgan fingerprint density at radius 3 is 2.33 bits per heavy atom. The molecule has 0 spiro atoms. The molecule has 2 aliphatic rings. The molecule has 0 bridgehead atoms. The van der Waals surface area contributed by atoms with Crippen LogP contribution in [0, 0.1) is 11.8 Å². The average Bonchev–Trinajstić information content (AvgIpc) is 2.82. The number of Topliss-reactive ketones (excluding diaryl/α,β-unsaturated/α-hetero) is 2. The number of hydrogen-bond acceptors (Lipinski definition) is 7. The number of ketones is 2. The van der Waals surface area contributed by atoms with Gasteiger partial charge in [0.05, 0.1) is 12.1 Å². The maximum atomic E-state index is 13.5. The Morgan fingerprint density at radius 2 is 1.81 bits per heavy atom. The Balaban J connectivity index is 2.73. The molecule has 0 saturated heterocycles. The van der Waals surface area contributed by atoms with E-state index in [9.17, 15) is 19.2 Å². The van der Waals surface area contributed by atoms with Gasteiger partial charge in [-0.2, -0.15) is 0 Å².